The van der Waals surface area contributed by atoms with Crippen LogP contribution in [-0.2, 0) is 9.53 Å². The summed E-state index contributed by atoms with van der Waals surface area (Å²) in [6.07, 6.45) is 9.94. The molecule has 3 fully saturated rings. The van der Waals surface area contributed by atoms with Gasteiger partial charge in [-0.2, -0.15) is 0 Å². The Balaban J connectivity index is 1.35. The smallest absolute Gasteiger partial charge is 0.262 e. The largest absolute Gasteiger partial charge is 0.381 e. The zero-order valence-electron chi connectivity index (χ0n) is 13.6. The number of fused-ring (bicyclic) bond motifs is 2. The molecular formula is C18H27NO2S. The molecule has 2 bridgehead atoms. The molecule has 2 aliphatic heterocycles. The fourth-order valence-electron chi connectivity index (χ4n) is 5.13. The summed E-state index contributed by atoms with van der Waals surface area (Å²) in [6, 6.07) is 0. The van der Waals surface area contributed by atoms with Crippen LogP contribution in [0.25, 0.3) is 0 Å². The predicted octanol–water partition coefficient (Wildman–Crippen LogP) is 4.06. The normalized spacial score (nSPS) is 42.1. The van der Waals surface area contributed by atoms with Crippen molar-refractivity contribution >= 4 is 22.7 Å². The Bertz CT molecular complexity index is 485. The lowest BCUT2D eigenvalue weighted by atomic mass is 9.87. The van der Waals surface area contributed by atoms with Crippen molar-refractivity contribution in [3.63, 3.8) is 0 Å². The molecular weight excluding hydrogens is 294 g/mol. The van der Waals surface area contributed by atoms with Crippen molar-refractivity contribution in [2.75, 3.05) is 13.2 Å². The van der Waals surface area contributed by atoms with Crippen molar-refractivity contribution in [2.24, 2.45) is 28.7 Å². The van der Waals surface area contributed by atoms with E-state index in [-0.39, 0.29) is 10.7 Å². The molecule has 4 aliphatic rings. The molecule has 0 aromatic rings. The highest BCUT2D eigenvalue weighted by Gasteiger charge is 2.45. The maximum atomic E-state index is 12.5. The molecule has 0 N–H and O–H groups in total. The molecule has 4 rings (SSSR count). The lowest BCUT2D eigenvalue weighted by Crippen LogP contribution is -2.32. The summed E-state index contributed by atoms with van der Waals surface area (Å²) in [7, 11) is 0. The SMILES string of the molecule is CC1(CC2CCOCC2)SC(C[C@H]2C[C@@H]3CC[C@H]2C3)=NC1=O. The highest BCUT2D eigenvalue weighted by Crippen LogP contribution is 2.51. The summed E-state index contributed by atoms with van der Waals surface area (Å²) >= 11 is 1.79. The van der Waals surface area contributed by atoms with Gasteiger partial charge in [-0.25, -0.2) is 4.99 Å². The van der Waals surface area contributed by atoms with E-state index in [9.17, 15) is 4.79 Å². The van der Waals surface area contributed by atoms with Crippen LogP contribution in [0.1, 0.15) is 58.3 Å². The predicted molar refractivity (Wildman–Crippen MR) is 90.2 cm³/mol. The van der Waals surface area contributed by atoms with Crippen LogP contribution in [0, 0.1) is 23.7 Å². The molecule has 3 nitrogen and oxygen atoms in total. The first-order chi connectivity index (χ1) is 10.6. The first kappa shape index (κ1) is 15.2. The summed E-state index contributed by atoms with van der Waals surface area (Å²) in [5.41, 5.74) is 0. The molecule has 0 aromatic carbocycles. The van der Waals surface area contributed by atoms with Crippen molar-refractivity contribution in [1.29, 1.82) is 0 Å². The Morgan fingerprint density at radius 1 is 1.23 bits per heavy atom. The number of thioether (sulfide) groups is 1. The Morgan fingerprint density at radius 2 is 2.05 bits per heavy atom. The summed E-state index contributed by atoms with van der Waals surface area (Å²) in [5, 5.41) is 1.14. The summed E-state index contributed by atoms with van der Waals surface area (Å²) in [4.78, 5) is 16.9. The number of carbonyl (C=O) groups is 1. The molecule has 0 radical (unpaired) electrons. The van der Waals surface area contributed by atoms with Crippen LogP contribution in [0.3, 0.4) is 0 Å². The summed E-state index contributed by atoms with van der Waals surface area (Å²) in [5.74, 6) is 3.47. The molecule has 2 saturated carbocycles. The van der Waals surface area contributed by atoms with Crippen LogP contribution in [0.2, 0.25) is 0 Å². The van der Waals surface area contributed by atoms with Crippen LogP contribution in [-0.4, -0.2) is 28.9 Å². The molecule has 1 saturated heterocycles. The summed E-state index contributed by atoms with van der Waals surface area (Å²) in [6.45, 7) is 3.84. The number of amides is 1. The third kappa shape index (κ3) is 2.89. The van der Waals surface area contributed by atoms with E-state index in [2.05, 4.69) is 11.9 Å². The molecule has 4 heteroatoms. The number of nitrogens with zero attached hydrogens (tertiary/aromatic N) is 1. The van der Waals surface area contributed by atoms with Crippen molar-refractivity contribution in [2.45, 2.75) is 63.0 Å². The average molecular weight is 321 g/mol. The highest BCUT2D eigenvalue weighted by molar-refractivity contribution is 8.16. The first-order valence-electron chi connectivity index (χ1n) is 9.01. The van der Waals surface area contributed by atoms with Crippen molar-refractivity contribution in [3.8, 4) is 0 Å². The zero-order valence-corrected chi connectivity index (χ0v) is 14.4. The van der Waals surface area contributed by atoms with Crippen LogP contribution in [0.15, 0.2) is 4.99 Å². The fourth-order valence-corrected chi connectivity index (χ4v) is 6.52. The molecule has 2 aliphatic carbocycles. The molecule has 0 aromatic heterocycles. The lowest BCUT2D eigenvalue weighted by molar-refractivity contribution is -0.120. The first-order valence-corrected chi connectivity index (χ1v) is 9.83. The maximum Gasteiger partial charge on any atom is 0.262 e. The van der Waals surface area contributed by atoms with E-state index < -0.39 is 0 Å². The monoisotopic (exact) mass is 321 g/mol. The van der Waals surface area contributed by atoms with Gasteiger partial charge in [-0.05, 0) is 75.5 Å². The summed E-state index contributed by atoms with van der Waals surface area (Å²) < 4.78 is 5.14. The number of ether oxygens (including phenoxy) is 1. The fraction of sp³-hybridized carbons (Fsp3) is 0.889. The molecule has 0 spiro atoms. The molecule has 2 heterocycles. The lowest BCUT2D eigenvalue weighted by Gasteiger charge is -2.29. The highest BCUT2D eigenvalue weighted by atomic mass is 32.2. The standard InChI is InChI=1S/C18H27NO2S/c1-18(11-12-4-6-21-7-5-12)17(20)19-16(22-18)10-15-9-13-2-3-14(15)8-13/h12-15H,2-11H2,1H3/t13-,14+,15-,18?/m1/s1. The maximum absolute atomic E-state index is 12.5. The van der Waals surface area contributed by atoms with E-state index in [0.717, 1.165) is 61.7 Å². The van der Waals surface area contributed by atoms with Gasteiger partial charge in [0.1, 0.15) is 4.75 Å². The van der Waals surface area contributed by atoms with Crippen molar-refractivity contribution < 1.29 is 9.53 Å². The van der Waals surface area contributed by atoms with Crippen molar-refractivity contribution in [3.05, 3.63) is 0 Å². The van der Waals surface area contributed by atoms with Crippen molar-refractivity contribution in [1.82, 2.24) is 0 Å². The van der Waals surface area contributed by atoms with E-state index in [0.29, 0.717) is 5.92 Å². The molecule has 1 unspecified atom stereocenters. The third-order valence-corrected chi connectivity index (χ3v) is 7.65. The van der Waals surface area contributed by atoms with E-state index in [1.807, 2.05) is 0 Å². The van der Waals surface area contributed by atoms with Crippen LogP contribution < -0.4 is 0 Å². The molecule has 4 atom stereocenters. The Labute approximate surface area is 137 Å². The minimum atomic E-state index is -0.297. The van der Waals surface area contributed by atoms with E-state index in [1.165, 1.54) is 25.7 Å². The molecule has 22 heavy (non-hydrogen) atoms. The van der Waals surface area contributed by atoms with Crippen LogP contribution in [0.5, 0.6) is 0 Å². The van der Waals surface area contributed by atoms with E-state index >= 15 is 0 Å². The van der Waals surface area contributed by atoms with Gasteiger partial charge in [-0.1, -0.05) is 18.2 Å². The van der Waals surface area contributed by atoms with E-state index in [1.54, 1.807) is 11.8 Å². The Kier molecular flexibility index (Phi) is 4.10. The second-order valence-electron chi connectivity index (χ2n) is 8.04. The average Bonchev–Trinajstić information content (AvgIpc) is 3.16. The topological polar surface area (TPSA) is 38.7 Å². The minimum absolute atomic E-state index is 0.127. The third-order valence-electron chi connectivity index (χ3n) is 6.36. The number of carbonyl (C=O) groups excluding carboxylic acids is 1. The van der Waals surface area contributed by atoms with Gasteiger partial charge in [0.15, 0.2) is 0 Å². The molecule has 122 valence electrons. The van der Waals surface area contributed by atoms with Gasteiger partial charge in [0.2, 0.25) is 0 Å². The number of hydrogen-bond donors (Lipinski definition) is 0. The second kappa shape index (κ2) is 5.94. The van der Waals surface area contributed by atoms with Gasteiger partial charge in [0.25, 0.3) is 5.91 Å². The minimum Gasteiger partial charge on any atom is -0.381 e. The quantitative estimate of drug-likeness (QED) is 0.784. The molecule has 1 amide bonds. The van der Waals surface area contributed by atoms with Gasteiger partial charge in [0.05, 0.1) is 5.04 Å². The van der Waals surface area contributed by atoms with Gasteiger partial charge in [-0.15, -0.1) is 0 Å². The van der Waals surface area contributed by atoms with Gasteiger partial charge in [-0.3, -0.25) is 4.79 Å². The zero-order chi connectivity index (χ0) is 15.2. The van der Waals surface area contributed by atoms with Crippen LogP contribution in [0.4, 0.5) is 0 Å². The Morgan fingerprint density at radius 3 is 2.73 bits per heavy atom. The van der Waals surface area contributed by atoms with Gasteiger partial charge >= 0.3 is 0 Å². The van der Waals surface area contributed by atoms with Gasteiger partial charge < -0.3 is 4.74 Å². The van der Waals surface area contributed by atoms with Crippen LogP contribution >= 0.6 is 11.8 Å². The number of rotatable bonds is 4. The Hall–Kier alpha value is -0.350. The van der Waals surface area contributed by atoms with Gasteiger partial charge in [0, 0.05) is 13.2 Å². The van der Waals surface area contributed by atoms with E-state index in [4.69, 9.17) is 4.74 Å². The number of aliphatic imine (C=N–C) groups is 1. The number of hydrogen-bond acceptors (Lipinski definition) is 3. The second-order valence-corrected chi connectivity index (χ2v) is 9.62.